The molecule has 1 aliphatic rings. The first-order valence-electron chi connectivity index (χ1n) is 17.1. The molecule has 0 atom stereocenters. The fraction of sp³-hybridized carbons (Fsp3) is 0.0435. The third-order valence-electron chi connectivity index (χ3n) is 10.6. The molecule has 0 saturated carbocycles. The van der Waals surface area contributed by atoms with Crippen LogP contribution in [0.4, 0.5) is 0 Å². The van der Waals surface area contributed by atoms with Crippen molar-refractivity contribution in [1.29, 1.82) is 0 Å². The van der Waals surface area contributed by atoms with Gasteiger partial charge in [-0.2, -0.15) is 0 Å². The van der Waals surface area contributed by atoms with Gasteiger partial charge in [0.15, 0.2) is 0 Å². The Labute approximate surface area is 282 Å². The molecule has 3 heterocycles. The topological polar surface area (TPSA) is 23.0 Å². The number of rotatable bonds is 3. The van der Waals surface area contributed by atoms with Gasteiger partial charge in [-0.15, -0.1) is 0 Å². The van der Waals surface area contributed by atoms with Crippen molar-refractivity contribution in [2.75, 3.05) is 0 Å². The lowest BCUT2D eigenvalue weighted by Crippen LogP contribution is -2.00. The number of fused-ring (bicyclic) bond motifs is 11. The predicted octanol–water partition coefficient (Wildman–Crippen LogP) is 12.4. The van der Waals surface area contributed by atoms with Gasteiger partial charge in [-0.3, -0.25) is 0 Å². The first-order chi connectivity index (χ1) is 24.3. The summed E-state index contributed by atoms with van der Waals surface area (Å²) in [5, 5.41) is 8.81. The molecule has 0 unspecified atom stereocenters. The zero-order valence-electron chi connectivity index (χ0n) is 26.7. The van der Waals surface area contributed by atoms with Crippen LogP contribution in [0.2, 0.25) is 0 Å². The maximum atomic E-state index is 6.27. The van der Waals surface area contributed by atoms with Crippen molar-refractivity contribution in [2.24, 2.45) is 0 Å². The number of nitrogens with zero attached hydrogens (tertiary/aromatic N) is 2. The van der Waals surface area contributed by atoms with Crippen molar-refractivity contribution in [2.45, 2.75) is 12.8 Å². The Morgan fingerprint density at radius 2 is 1.24 bits per heavy atom. The molecule has 3 heteroatoms. The van der Waals surface area contributed by atoms with E-state index >= 15 is 0 Å². The van der Waals surface area contributed by atoms with Crippen LogP contribution in [0.15, 0.2) is 156 Å². The van der Waals surface area contributed by atoms with Crippen LogP contribution >= 0.6 is 0 Å². The first kappa shape index (κ1) is 26.7. The highest BCUT2D eigenvalue weighted by Gasteiger charge is 2.23. The lowest BCUT2D eigenvalue weighted by atomic mass is 9.98. The van der Waals surface area contributed by atoms with Gasteiger partial charge in [0, 0.05) is 44.0 Å². The van der Waals surface area contributed by atoms with E-state index in [1.54, 1.807) is 0 Å². The van der Waals surface area contributed by atoms with Gasteiger partial charge in [0.1, 0.15) is 11.2 Å². The van der Waals surface area contributed by atoms with Crippen molar-refractivity contribution < 1.29 is 4.42 Å². The molecule has 0 spiro atoms. The maximum Gasteiger partial charge on any atom is 0.136 e. The number of hydrogen-bond donors (Lipinski definition) is 0. The smallest absolute Gasteiger partial charge is 0.136 e. The molecule has 0 aliphatic heterocycles. The highest BCUT2D eigenvalue weighted by Crippen LogP contribution is 2.43. The Kier molecular flexibility index (Phi) is 5.50. The first-order valence-corrected chi connectivity index (χ1v) is 17.1. The van der Waals surface area contributed by atoms with Gasteiger partial charge in [-0.25, -0.2) is 0 Å². The molecule has 0 radical (unpaired) electrons. The summed E-state index contributed by atoms with van der Waals surface area (Å²) in [4.78, 5) is 0. The number of benzene rings is 7. The van der Waals surface area contributed by atoms with Crippen molar-refractivity contribution in [1.82, 2.24) is 9.13 Å². The molecule has 0 fully saturated rings. The molecular weight excluding hydrogens is 597 g/mol. The third-order valence-corrected chi connectivity index (χ3v) is 10.6. The Hall–Kier alpha value is -6.32. The molecule has 49 heavy (non-hydrogen) atoms. The van der Waals surface area contributed by atoms with E-state index in [0.717, 1.165) is 46.0 Å². The minimum absolute atomic E-state index is 0.916. The van der Waals surface area contributed by atoms with Crippen LogP contribution in [0.3, 0.4) is 0 Å². The number of aryl methyl sites for hydroxylation is 1. The molecule has 3 nitrogen and oxygen atoms in total. The van der Waals surface area contributed by atoms with Gasteiger partial charge < -0.3 is 13.6 Å². The SMILES string of the molecule is C1=Cc2c(c3cc4c5c6ccccc6ccc5n(-c5ccccc5)c4cc3n2-c2cccc(-c3ccc4c(c3)oc3ccccc34)c2)CC1. The van der Waals surface area contributed by atoms with E-state index in [-0.39, 0.29) is 0 Å². The lowest BCUT2D eigenvalue weighted by Gasteiger charge is -2.14. The fourth-order valence-electron chi connectivity index (χ4n) is 8.38. The summed E-state index contributed by atoms with van der Waals surface area (Å²) in [6.07, 6.45) is 6.73. The summed E-state index contributed by atoms with van der Waals surface area (Å²) in [5.74, 6) is 0. The van der Waals surface area contributed by atoms with E-state index in [9.17, 15) is 0 Å². The van der Waals surface area contributed by atoms with Crippen LogP contribution in [-0.4, -0.2) is 9.13 Å². The van der Waals surface area contributed by atoms with Crippen LogP contribution in [0.1, 0.15) is 17.7 Å². The van der Waals surface area contributed by atoms with Crippen LogP contribution in [-0.2, 0) is 6.42 Å². The second-order valence-corrected chi connectivity index (χ2v) is 13.2. The van der Waals surface area contributed by atoms with Gasteiger partial charge in [-0.1, -0.05) is 91.0 Å². The number of para-hydroxylation sites is 2. The fourth-order valence-corrected chi connectivity index (χ4v) is 8.38. The largest absolute Gasteiger partial charge is 0.456 e. The van der Waals surface area contributed by atoms with Gasteiger partial charge in [-0.05, 0) is 107 Å². The van der Waals surface area contributed by atoms with E-state index in [1.165, 1.54) is 66.0 Å². The van der Waals surface area contributed by atoms with E-state index in [1.807, 2.05) is 12.1 Å². The van der Waals surface area contributed by atoms with Crippen LogP contribution in [0.25, 0.3) is 94.0 Å². The summed E-state index contributed by atoms with van der Waals surface area (Å²) in [6, 6.07) is 52.9. The number of hydrogen-bond acceptors (Lipinski definition) is 1. The summed E-state index contributed by atoms with van der Waals surface area (Å²) < 4.78 is 11.2. The van der Waals surface area contributed by atoms with Crippen molar-refractivity contribution in [3.63, 3.8) is 0 Å². The molecule has 11 rings (SSSR count). The number of allylic oxidation sites excluding steroid dienone is 1. The Morgan fingerprint density at radius 1 is 0.469 bits per heavy atom. The second-order valence-electron chi connectivity index (χ2n) is 13.2. The summed E-state index contributed by atoms with van der Waals surface area (Å²) >= 11 is 0. The monoisotopic (exact) mass is 626 g/mol. The molecule has 10 aromatic rings. The average Bonchev–Trinajstić information content (AvgIpc) is 3.81. The molecule has 0 N–H and O–H groups in total. The molecular formula is C46H30N2O. The molecule has 0 bridgehead atoms. The molecule has 7 aromatic carbocycles. The van der Waals surface area contributed by atoms with Crippen molar-refractivity contribution in [3.05, 3.63) is 163 Å². The molecule has 0 saturated heterocycles. The quantitative estimate of drug-likeness (QED) is 0.191. The standard InChI is InChI=1S/C46H30N2O/c1-2-13-32(14-3-1)47-41-24-22-29-11-4-5-16-34(29)46(41)39-27-38-35-17-6-8-19-40(35)48(42(38)28-43(39)47)33-15-10-12-30(25-33)31-21-23-37-36-18-7-9-20-44(36)49-45(37)26-31/h1-5,7-16,18-28H,6,17H2. The van der Waals surface area contributed by atoms with Crippen LogP contribution in [0, 0.1) is 0 Å². The minimum atomic E-state index is 0.916. The lowest BCUT2D eigenvalue weighted by molar-refractivity contribution is 0.669. The zero-order valence-corrected chi connectivity index (χ0v) is 26.7. The Morgan fingerprint density at radius 3 is 2.18 bits per heavy atom. The van der Waals surface area contributed by atoms with E-state index in [2.05, 4.69) is 155 Å². The normalized spacial score (nSPS) is 13.1. The number of aromatic nitrogens is 2. The van der Waals surface area contributed by atoms with E-state index < -0.39 is 0 Å². The highest BCUT2D eigenvalue weighted by atomic mass is 16.3. The van der Waals surface area contributed by atoms with Gasteiger partial charge in [0.05, 0.1) is 16.6 Å². The van der Waals surface area contributed by atoms with Crippen LogP contribution < -0.4 is 0 Å². The zero-order chi connectivity index (χ0) is 32.1. The predicted molar refractivity (Wildman–Crippen MR) is 205 cm³/mol. The van der Waals surface area contributed by atoms with Crippen molar-refractivity contribution >= 4 is 71.5 Å². The second kappa shape index (κ2) is 10.1. The van der Waals surface area contributed by atoms with E-state index in [4.69, 9.17) is 4.42 Å². The average molecular weight is 627 g/mol. The molecule has 1 aliphatic carbocycles. The van der Waals surface area contributed by atoms with Crippen LogP contribution in [0.5, 0.6) is 0 Å². The van der Waals surface area contributed by atoms with Gasteiger partial charge in [0.25, 0.3) is 0 Å². The van der Waals surface area contributed by atoms with Crippen molar-refractivity contribution in [3.8, 4) is 22.5 Å². The summed E-state index contributed by atoms with van der Waals surface area (Å²) in [7, 11) is 0. The molecule has 3 aromatic heterocycles. The highest BCUT2D eigenvalue weighted by molar-refractivity contribution is 6.23. The Balaban J connectivity index is 1.19. The summed E-state index contributed by atoms with van der Waals surface area (Å²) in [6.45, 7) is 0. The minimum Gasteiger partial charge on any atom is -0.456 e. The number of furan rings is 1. The van der Waals surface area contributed by atoms with Gasteiger partial charge >= 0.3 is 0 Å². The summed E-state index contributed by atoms with van der Waals surface area (Å²) in [5.41, 5.74) is 12.9. The van der Waals surface area contributed by atoms with E-state index in [0.29, 0.717) is 0 Å². The van der Waals surface area contributed by atoms with Gasteiger partial charge in [0.2, 0.25) is 0 Å². The third kappa shape index (κ3) is 3.84. The molecule has 230 valence electrons. The Bertz CT molecular complexity index is 2990. The molecule has 0 amide bonds. The maximum absolute atomic E-state index is 6.27.